The van der Waals surface area contributed by atoms with E-state index in [1.165, 1.54) is 19.3 Å². The van der Waals surface area contributed by atoms with Crippen LogP contribution < -0.4 is 5.32 Å². The van der Waals surface area contributed by atoms with E-state index >= 15 is 0 Å². The third-order valence-electron chi connectivity index (χ3n) is 3.41. The highest BCUT2D eigenvalue weighted by atomic mass is 14.9. The van der Waals surface area contributed by atoms with E-state index in [1.807, 2.05) is 6.08 Å². The van der Waals surface area contributed by atoms with Crippen LogP contribution in [0.2, 0.25) is 0 Å². The average Bonchev–Trinajstić information content (AvgIpc) is 2.16. The Labute approximate surface area is 96.3 Å². The SMILES string of the molecule is C=CCCCCCNCC(C)(C)C(C)C. The monoisotopic (exact) mass is 211 g/mol. The molecule has 0 spiro atoms. The summed E-state index contributed by atoms with van der Waals surface area (Å²) in [6, 6.07) is 0. The van der Waals surface area contributed by atoms with Crippen molar-refractivity contribution in [2.24, 2.45) is 11.3 Å². The maximum Gasteiger partial charge on any atom is 0.000496 e. The summed E-state index contributed by atoms with van der Waals surface area (Å²) in [6.07, 6.45) is 7.08. The molecule has 0 radical (unpaired) electrons. The van der Waals surface area contributed by atoms with E-state index < -0.39 is 0 Å². The van der Waals surface area contributed by atoms with E-state index in [9.17, 15) is 0 Å². The van der Waals surface area contributed by atoms with Crippen LogP contribution in [0.15, 0.2) is 12.7 Å². The number of allylic oxidation sites excluding steroid dienone is 1. The van der Waals surface area contributed by atoms with E-state index in [2.05, 4.69) is 39.6 Å². The molecule has 0 aliphatic rings. The summed E-state index contributed by atoms with van der Waals surface area (Å²) in [7, 11) is 0. The summed E-state index contributed by atoms with van der Waals surface area (Å²) in [6.45, 7) is 15.3. The Balaban J connectivity index is 3.34. The van der Waals surface area contributed by atoms with Crippen LogP contribution >= 0.6 is 0 Å². The average molecular weight is 211 g/mol. The van der Waals surface area contributed by atoms with Gasteiger partial charge in [-0.2, -0.15) is 0 Å². The normalized spacial score (nSPS) is 12.1. The number of hydrogen-bond donors (Lipinski definition) is 1. The van der Waals surface area contributed by atoms with Gasteiger partial charge in [-0.1, -0.05) is 40.2 Å². The van der Waals surface area contributed by atoms with Gasteiger partial charge in [0.15, 0.2) is 0 Å². The lowest BCUT2D eigenvalue weighted by Gasteiger charge is -2.29. The highest BCUT2D eigenvalue weighted by Crippen LogP contribution is 2.24. The standard InChI is InChI=1S/C14H29N/c1-6-7-8-9-10-11-15-12-14(4,5)13(2)3/h6,13,15H,1,7-12H2,2-5H3. The molecule has 0 aliphatic carbocycles. The Morgan fingerprint density at radius 2 is 1.87 bits per heavy atom. The van der Waals surface area contributed by atoms with E-state index in [0.29, 0.717) is 5.41 Å². The molecule has 0 saturated heterocycles. The largest absolute Gasteiger partial charge is 0.316 e. The van der Waals surface area contributed by atoms with Crippen LogP contribution in [0.3, 0.4) is 0 Å². The molecule has 0 saturated carbocycles. The molecule has 0 amide bonds. The molecule has 0 aromatic heterocycles. The van der Waals surface area contributed by atoms with Gasteiger partial charge in [0.25, 0.3) is 0 Å². The lowest BCUT2D eigenvalue weighted by Crippen LogP contribution is -2.33. The van der Waals surface area contributed by atoms with Crippen molar-refractivity contribution < 1.29 is 0 Å². The second-order valence-electron chi connectivity index (χ2n) is 5.46. The molecule has 1 heteroatoms. The smallest absolute Gasteiger partial charge is 0.000496 e. The van der Waals surface area contributed by atoms with Crippen LogP contribution in [-0.4, -0.2) is 13.1 Å². The van der Waals surface area contributed by atoms with Crippen molar-refractivity contribution in [1.29, 1.82) is 0 Å². The minimum absolute atomic E-state index is 0.418. The summed E-state index contributed by atoms with van der Waals surface area (Å²) in [5.41, 5.74) is 0.418. The van der Waals surface area contributed by atoms with Crippen LogP contribution in [0.1, 0.15) is 53.4 Å². The molecule has 90 valence electrons. The second kappa shape index (κ2) is 7.92. The molecule has 0 heterocycles. The van der Waals surface area contributed by atoms with Gasteiger partial charge in [0.1, 0.15) is 0 Å². The molecule has 0 aromatic carbocycles. The zero-order chi connectivity index (χ0) is 11.7. The van der Waals surface area contributed by atoms with E-state index in [0.717, 1.165) is 25.4 Å². The zero-order valence-corrected chi connectivity index (χ0v) is 11.1. The van der Waals surface area contributed by atoms with Gasteiger partial charge in [-0.15, -0.1) is 6.58 Å². The number of hydrogen-bond acceptors (Lipinski definition) is 1. The Kier molecular flexibility index (Phi) is 7.76. The van der Waals surface area contributed by atoms with Gasteiger partial charge in [-0.3, -0.25) is 0 Å². The van der Waals surface area contributed by atoms with Gasteiger partial charge < -0.3 is 5.32 Å². The van der Waals surface area contributed by atoms with Crippen molar-refractivity contribution in [3.63, 3.8) is 0 Å². The highest BCUT2D eigenvalue weighted by molar-refractivity contribution is 4.74. The van der Waals surface area contributed by atoms with E-state index in [1.54, 1.807) is 0 Å². The minimum Gasteiger partial charge on any atom is -0.316 e. The molecule has 0 atom stereocenters. The van der Waals surface area contributed by atoms with Crippen molar-refractivity contribution in [2.45, 2.75) is 53.4 Å². The van der Waals surface area contributed by atoms with Gasteiger partial charge in [-0.05, 0) is 37.1 Å². The van der Waals surface area contributed by atoms with E-state index in [-0.39, 0.29) is 0 Å². The van der Waals surface area contributed by atoms with Crippen LogP contribution in [0.4, 0.5) is 0 Å². The fourth-order valence-electron chi connectivity index (χ4n) is 1.33. The van der Waals surface area contributed by atoms with Crippen LogP contribution in [0.25, 0.3) is 0 Å². The lowest BCUT2D eigenvalue weighted by atomic mass is 9.81. The van der Waals surface area contributed by atoms with Gasteiger partial charge in [0.05, 0.1) is 0 Å². The molecule has 0 unspecified atom stereocenters. The highest BCUT2D eigenvalue weighted by Gasteiger charge is 2.21. The van der Waals surface area contributed by atoms with Crippen molar-refractivity contribution in [2.75, 3.05) is 13.1 Å². The minimum atomic E-state index is 0.418. The first-order valence-corrected chi connectivity index (χ1v) is 6.32. The number of nitrogens with one attached hydrogen (secondary N) is 1. The van der Waals surface area contributed by atoms with Crippen molar-refractivity contribution in [1.82, 2.24) is 5.32 Å². The van der Waals surface area contributed by atoms with Crippen molar-refractivity contribution in [3.05, 3.63) is 12.7 Å². The quantitative estimate of drug-likeness (QED) is 0.449. The Hall–Kier alpha value is -0.300. The molecule has 0 fully saturated rings. The molecule has 1 N–H and O–H groups in total. The summed E-state index contributed by atoms with van der Waals surface area (Å²) in [5, 5.41) is 3.56. The van der Waals surface area contributed by atoms with Crippen LogP contribution in [-0.2, 0) is 0 Å². The molecule has 1 nitrogen and oxygen atoms in total. The third-order valence-corrected chi connectivity index (χ3v) is 3.41. The first-order chi connectivity index (χ1) is 7.00. The first kappa shape index (κ1) is 14.7. The van der Waals surface area contributed by atoms with Gasteiger partial charge >= 0.3 is 0 Å². The molecule has 0 aliphatic heterocycles. The molecule has 0 aromatic rings. The van der Waals surface area contributed by atoms with Crippen molar-refractivity contribution in [3.8, 4) is 0 Å². The first-order valence-electron chi connectivity index (χ1n) is 6.32. The number of rotatable bonds is 9. The third kappa shape index (κ3) is 7.61. The summed E-state index contributed by atoms with van der Waals surface area (Å²) in [5.74, 6) is 0.741. The maximum absolute atomic E-state index is 3.73. The Bertz CT molecular complexity index is 159. The molecule has 0 bridgehead atoms. The predicted molar refractivity (Wildman–Crippen MR) is 70.2 cm³/mol. The van der Waals surface area contributed by atoms with E-state index in [4.69, 9.17) is 0 Å². The number of unbranched alkanes of at least 4 members (excludes halogenated alkanes) is 3. The van der Waals surface area contributed by atoms with Crippen molar-refractivity contribution >= 4 is 0 Å². The maximum atomic E-state index is 3.73. The van der Waals surface area contributed by atoms with Crippen LogP contribution in [0.5, 0.6) is 0 Å². The predicted octanol–water partition coefficient (Wildman–Crippen LogP) is 4.00. The topological polar surface area (TPSA) is 12.0 Å². The Morgan fingerprint density at radius 1 is 1.20 bits per heavy atom. The summed E-state index contributed by atoms with van der Waals surface area (Å²) >= 11 is 0. The van der Waals surface area contributed by atoms with Gasteiger partial charge in [-0.25, -0.2) is 0 Å². The molecular formula is C14H29N. The zero-order valence-electron chi connectivity index (χ0n) is 11.1. The lowest BCUT2D eigenvalue weighted by molar-refractivity contribution is 0.238. The summed E-state index contributed by atoms with van der Waals surface area (Å²) < 4.78 is 0. The second-order valence-corrected chi connectivity index (χ2v) is 5.46. The van der Waals surface area contributed by atoms with Gasteiger partial charge in [0, 0.05) is 6.54 Å². The van der Waals surface area contributed by atoms with Gasteiger partial charge in [0.2, 0.25) is 0 Å². The molecule has 0 rings (SSSR count). The van der Waals surface area contributed by atoms with Crippen LogP contribution in [0, 0.1) is 11.3 Å². The Morgan fingerprint density at radius 3 is 2.40 bits per heavy atom. The summed E-state index contributed by atoms with van der Waals surface area (Å²) in [4.78, 5) is 0. The molecular weight excluding hydrogens is 182 g/mol. The fraction of sp³-hybridized carbons (Fsp3) is 0.857. The fourth-order valence-corrected chi connectivity index (χ4v) is 1.33. The molecule has 15 heavy (non-hydrogen) atoms.